The van der Waals surface area contributed by atoms with E-state index in [1.165, 1.54) is 19.2 Å². The average molecular weight is 427 g/mol. The van der Waals surface area contributed by atoms with E-state index >= 15 is 0 Å². The number of carbonyl (C=O) groups excluding carboxylic acids is 2. The molecule has 0 aliphatic rings. The number of rotatable bonds is 7. The average Bonchev–Trinajstić information content (AvgIpc) is 2.65. The molecule has 0 saturated carbocycles. The minimum absolute atomic E-state index is 0.00737. The van der Waals surface area contributed by atoms with Crippen molar-refractivity contribution in [3.8, 4) is 5.75 Å². The number of nitro benzene ring substituents is 1. The fraction of sp³-hybridized carbons (Fsp3) is 0.222. The molecule has 10 heteroatoms. The molecule has 148 valence electrons. The Morgan fingerprint density at radius 3 is 2.54 bits per heavy atom. The third kappa shape index (κ3) is 5.34. The number of ether oxygens (including phenoxy) is 2. The normalized spacial score (nSPS) is 11.4. The number of carbonyl (C=O) groups is 2. The van der Waals surface area contributed by atoms with Gasteiger partial charge in [-0.15, -0.1) is 0 Å². The Labute approximate surface area is 170 Å². The summed E-state index contributed by atoms with van der Waals surface area (Å²) in [5.74, 6) is -1.43. The molecule has 0 radical (unpaired) electrons. The highest BCUT2D eigenvalue weighted by molar-refractivity contribution is 6.35. The van der Waals surface area contributed by atoms with E-state index in [2.05, 4.69) is 5.32 Å². The highest BCUT2D eigenvalue weighted by Gasteiger charge is 2.20. The summed E-state index contributed by atoms with van der Waals surface area (Å²) in [7, 11) is 1.28. The molecule has 0 bridgehead atoms. The van der Waals surface area contributed by atoms with Crippen molar-refractivity contribution in [2.45, 2.75) is 13.0 Å². The quantitative estimate of drug-likeness (QED) is 0.407. The minimum Gasteiger partial charge on any atom is -0.490 e. The molecule has 28 heavy (non-hydrogen) atoms. The minimum atomic E-state index is -0.877. The van der Waals surface area contributed by atoms with Gasteiger partial charge in [0.1, 0.15) is 0 Å². The molecular formula is C18H16Cl2N2O6. The molecule has 2 rings (SSSR count). The van der Waals surface area contributed by atoms with E-state index in [4.69, 9.17) is 32.7 Å². The zero-order valence-corrected chi connectivity index (χ0v) is 16.4. The van der Waals surface area contributed by atoms with Crippen molar-refractivity contribution in [1.82, 2.24) is 5.32 Å². The number of esters is 1. The van der Waals surface area contributed by atoms with E-state index in [0.29, 0.717) is 15.6 Å². The van der Waals surface area contributed by atoms with Crippen LogP contribution in [0, 0.1) is 10.1 Å². The van der Waals surface area contributed by atoms with E-state index < -0.39 is 29.4 Å². The van der Waals surface area contributed by atoms with Gasteiger partial charge in [0.25, 0.3) is 5.91 Å². The second-order valence-corrected chi connectivity index (χ2v) is 6.52. The molecule has 1 atom stereocenters. The Hall–Kier alpha value is -2.84. The zero-order valence-electron chi connectivity index (χ0n) is 14.9. The number of nitrogens with one attached hydrogen (secondary N) is 1. The van der Waals surface area contributed by atoms with Crippen LogP contribution in [0.2, 0.25) is 10.0 Å². The maximum atomic E-state index is 12.1. The molecule has 0 unspecified atom stereocenters. The summed E-state index contributed by atoms with van der Waals surface area (Å²) in [4.78, 5) is 34.4. The smallest absolute Gasteiger partial charge is 0.338 e. The molecule has 0 heterocycles. The maximum Gasteiger partial charge on any atom is 0.338 e. The fourth-order valence-corrected chi connectivity index (χ4v) is 2.96. The number of methoxy groups -OCH3 is 1. The van der Waals surface area contributed by atoms with Crippen LogP contribution in [0.15, 0.2) is 36.4 Å². The van der Waals surface area contributed by atoms with Crippen molar-refractivity contribution >= 4 is 40.8 Å². The number of amides is 1. The fourth-order valence-electron chi connectivity index (χ4n) is 2.39. The van der Waals surface area contributed by atoms with Crippen LogP contribution < -0.4 is 10.1 Å². The first kappa shape index (κ1) is 21.5. The van der Waals surface area contributed by atoms with Gasteiger partial charge in [-0.3, -0.25) is 14.9 Å². The van der Waals surface area contributed by atoms with Gasteiger partial charge in [-0.05, 0) is 36.8 Å². The van der Waals surface area contributed by atoms with Crippen molar-refractivity contribution in [2.24, 2.45) is 0 Å². The lowest BCUT2D eigenvalue weighted by Crippen LogP contribution is -2.31. The largest absolute Gasteiger partial charge is 0.490 e. The van der Waals surface area contributed by atoms with Crippen LogP contribution >= 0.6 is 23.2 Å². The highest BCUT2D eigenvalue weighted by atomic mass is 35.5. The van der Waals surface area contributed by atoms with Gasteiger partial charge in [-0.1, -0.05) is 29.3 Å². The molecule has 2 aromatic rings. The molecule has 0 aliphatic heterocycles. The standard InChI is InChI=1S/C18H16Cl2N2O6/c1-10(13-5-4-12(19)8-14(13)20)21-17(23)9-28-18(24)11-3-6-16(27-2)15(7-11)22(25)26/h3-8,10H,9H2,1-2H3,(H,21,23)/t10-/m1/s1. The molecule has 0 aliphatic carbocycles. The van der Waals surface area contributed by atoms with Gasteiger partial charge in [0, 0.05) is 16.1 Å². The van der Waals surface area contributed by atoms with Crippen LogP contribution in [0.4, 0.5) is 5.69 Å². The lowest BCUT2D eigenvalue weighted by molar-refractivity contribution is -0.385. The second-order valence-electron chi connectivity index (χ2n) is 5.67. The number of halogens is 2. The first-order valence-electron chi connectivity index (χ1n) is 7.96. The predicted octanol–water partition coefficient (Wildman–Crippen LogP) is 3.94. The van der Waals surface area contributed by atoms with Gasteiger partial charge in [0.05, 0.1) is 23.6 Å². The maximum absolute atomic E-state index is 12.1. The molecule has 8 nitrogen and oxygen atoms in total. The Balaban J connectivity index is 1.98. The molecule has 0 saturated heterocycles. The van der Waals surface area contributed by atoms with Crippen LogP contribution in [-0.4, -0.2) is 30.5 Å². The lowest BCUT2D eigenvalue weighted by Gasteiger charge is -2.16. The van der Waals surface area contributed by atoms with E-state index in [0.717, 1.165) is 6.07 Å². The predicted molar refractivity (Wildman–Crippen MR) is 103 cm³/mol. The van der Waals surface area contributed by atoms with Crippen molar-refractivity contribution in [3.63, 3.8) is 0 Å². The number of hydrogen-bond acceptors (Lipinski definition) is 6. The molecule has 2 aromatic carbocycles. The first-order chi connectivity index (χ1) is 13.2. The Bertz CT molecular complexity index is 919. The van der Waals surface area contributed by atoms with Crippen LogP contribution in [-0.2, 0) is 9.53 Å². The summed E-state index contributed by atoms with van der Waals surface area (Å²) in [6, 6.07) is 8.03. The molecule has 1 amide bonds. The third-order valence-corrected chi connectivity index (χ3v) is 4.31. The molecule has 1 N–H and O–H groups in total. The van der Waals surface area contributed by atoms with E-state index in [9.17, 15) is 19.7 Å². The molecule has 0 aromatic heterocycles. The van der Waals surface area contributed by atoms with Crippen molar-refractivity contribution < 1.29 is 24.0 Å². The Morgan fingerprint density at radius 1 is 1.21 bits per heavy atom. The summed E-state index contributed by atoms with van der Waals surface area (Å²) in [6.07, 6.45) is 0. The molecule has 0 spiro atoms. The Kier molecular flexibility index (Phi) is 7.19. The monoisotopic (exact) mass is 426 g/mol. The summed E-state index contributed by atoms with van der Waals surface area (Å²) in [5.41, 5.74) is 0.193. The van der Waals surface area contributed by atoms with Gasteiger partial charge in [0.2, 0.25) is 0 Å². The Morgan fingerprint density at radius 2 is 1.93 bits per heavy atom. The molecule has 0 fully saturated rings. The summed E-state index contributed by atoms with van der Waals surface area (Å²) < 4.78 is 9.78. The topological polar surface area (TPSA) is 108 Å². The number of nitro groups is 1. The summed E-state index contributed by atoms with van der Waals surface area (Å²) >= 11 is 11.9. The van der Waals surface area contributed by atoms with Crippen LogP contribution in [0.3, 0.4) is 0 Å². The number of nitrogens with zero attached hydrogens (tertiary/aromatic N) is 1. The van der Waals surface area contributed by atoms with Crippen molar-refractivity contribution in [1.29, 1.82) is 0 Å². The summed E-state index contributed by atoms with van der Waals surface area (Å²) in [5, 5.41) is 14.5. The second kappa shape index (κ2) is 9.38. The highest BCUT2D eigenvalue weighted by Crippen LogP contribution is 2.28. The van der Waals surface area contributed by atoms with Gasteiger partial charge in [-0.25, -0.2) is 4.79 Å². The van der Waals surface area contributed by atoms with Gasteiger partial charge in [-0.2, -0.15) is 0 Å². The van der Waals surface area contributed by atoms with E-state index in [1.807, 2.05) is 0 Å². The van der Waals surface area contributed by atoms with E-state index in [1.54, 1.807) is 25.1 Å². The number of hydrogen-bond donors (Lipinski definition) is 1. The third-order valence-electron chi connectivity index (χ3n) is 3.75. The van der Waals surface area contributed by atoms with Crippen molar-refractivity contribution in [2.75, 3.05) is 13.7 Å². The van der Waals surface area contributed by atoms with Crippen LogP contribution in [0.5, 0.6) is 5.75 Å². The van der Waals surface area contributed by atoms with Gasteiger partial charge in [0.15, 0.2) is 12.4 Å². The molecular weight excluding hydrogens is 411 g/mol. The summed E-state index contributed by atoms with van der Waals surface area (Å²) in [6.45, 7) is 1.15. The first-order valence-corrected chi connectivity index (χ1v) is 8.72. The lowest BCUT2D eigenvalue weighted by atomic mass is 10.1. The van der Waals surface area contributed by atoms with Crippen LogP contribution in [0.1, 0.15) is 28.9 Å². The SMILES string of the molecule is COc1ccc(C(=O)OCC(=O)N[C@H](C)c2ccc(Cl)cc2Cl)cc1[N+](=O)[O-]. The zero-order chi connectivity index (χ0) is 20.8. The van der Waals surface area contributed by atoms with Crippen LogP contribution in [0.25, 0.3) is 0 Å². The van der Waals surface area contributed by atoms with Crippen molar-refractivity contribution in [3.05, 3.63) is 67.7 Å². The van der Waals surface area contributed by atoms with E-state index in [-0.39, 0.29) is 17.0 Å². The van der Waals surface area contributed by atoms with Gasteiger partial charge < -0.3 is 14.8 Å². The van der Waals surface area contributed by atoms with Gasteiger partial charge >= 0.3 is 11.7 Å². The number of benzene rings is 2.